The van der Waals surface area contributed by atoms with Crippen LogP contribution in [0.3, 0.4) is 0 Å². The highest BCUT2D eigenvalue weighted by Crippen LogP contribution is 2.24. The summed E-state index contributed by atoms with van der Waals surface area (Å²) < 4.78 is 5.40. The lowest BCUT2D eigenvalue weighted by atomic mass is 10.1. The van der Waals surface area contributed by atoms with Gasteiger partial charge in [-0.1, -0.05) is 6.07 Å². The highest BCUT2D eigenvalue weighted by Gasteiger charge is 2.12. The standard InChI is InChI=1S/C18H17NO3/c20-11-13-4-8-17(9-5-13)22-12-18(21)19-16-7-6-14-2-1-3-15(14)10-16/h4-11H,1-3,12H2,(H,19,21). The molecular weight excluding hydrogens is 278 g/mol. The Hall–Kier alpha value is -2.62. The molecule has 1 amide bonds. The van der Waals surface area contributed by atoms with E-state index in [2.05, 4.69) is 11.4 Å². The Labute approximate surface area is 129 Å². The van der Waals surface area contributed by atoms with Gasteiger partial charge in [-0.05, 0) is 66.8 Å². The van der Waals surface area contributed by atoms with Gasteiger partial charge in [0.25, 0.3) is 5.91 Å². The first kappa shape index (κ1) is 14.3. The second-order valence-electron chi connectivity index (χ2n) is 5.36. The lowest BCUT2D eigenvalue weighted by Crippen LogP contribution is -2.20. The summed E-state index contributed by atoms with van der Waals surface area (Å²) >= 11 is 0. The van der Waals surface area contributed by atoms with Gasteiger partial charge in [-0.25, -0.2) is 0 Å². The zero-order valence-electron chi connectivity index (χ0n) is 12.2. The summed E-state index contributed by atoms with van der Waals surface area (Å²) in [6.45, 7) is -0.0580. The number of ether oxygens (including phenoxy) is 1. The molecule has 0 bridgehead atoms. The number of hydrogen-bond acceptors (Lipinski definition) is 3. The highest BCUT2D eigenvalue weighted by molar-refractivity contribution is 5.92. The number of anilines is 1. The summed E-state index contributed by atoms with van der Waals surface area (Å²) in [5.74, 6) is 0.368. The number of fused-ring (bicyclic) bond motifs is 1. The van der Waals surface area contributed by atoms with Gasteiger partial charge in [-0.3, -0.25) is 9.59 Å². The predicted octanol–water partition coefficient (Wildman–Crippen LogP) is 3.01. The third-order valence-electron chi connectivity index (χ3n) is 3.77. The first-order valence-electron chi connectivity index (χ1n) is 7.34. The minimum Gasteiger partial charge on any atom is -0.484 e. The van der Waals surface area contributed by atoms with Gasteiger partial charge in [0.2, 0.25) is 0 Å². The fraction of sp³-hybridized carbons (Fsp3) is 0.222. The van der Waals surface area contributed by atoms with E-state index in [1.807, 2.05) is 12.1 Å². The molecule has 0 saturated heterocycles. The molecule has 0 radical (unpaired) electrons. The van der Waals surface area contributed by atoms with Crippen LogP contribution in [0.5, 0.6) is 5.75 Å². The first-order valence-corrected chi connectivity index (χ1v) is 7.34. The van der Waals surface area contributed by atoms with E-state index in [0.717, 1.165) is 24.8 Å². The van der Waals surface area contributed by atoms with E-state index in [4.69, 9.17) is 4.74 Å². The van der Waals surface area contributed by atoms with Gasteiger partial charge in [0.15, 0.2) is 6.61 Å². The van der Waals surface area contributed by atoms with Crippen molar-refractivity contribution in [2.75, 3.05) is 11.9 Å². The first-order chi connectivity index (χ1) is 10.7. The van der Waals surface area contributed by atoms with Crippen molar-refractivity contribution in [3.63, 3.8) is 0 Å². The van der Waals surface area contributed by atoms with Crippen molar-refractivity contribution >= 4 is 17.9 Å². The molecule has 4 nitrogen and oxygen atoms in total. The molecule has 0 fully saturated rings. The van der Waals surface area contributed by atoms with Crippen LogP contribution >= 0.6 is 0 Å². The van der Waals surface area contributed by atoms with E-state index >= 15 is 0 Å². The van der Waals surface area contributed by atoms with Gasteiger partial charge < -0.3 is 10.1 Å². The van der Waals surface area contributed by atoms with Gasteiger partial charge in [0.05, 0.1) is 0 Å². The number of benzene rings is 2. The molecule has 0 unspecified atom stereocenters. The number of nitrogens with one attached hydrogen (secondary N) is 1. The van der Waals surface area contributed by atoms with Crippen molar-refractivity contribution in [3.05, 3.63) is 59.2 Å². The van der Waals surface area contributed by atoms with Crippen LogP contribution in [-0.4, -0.2) is 18.8 Å². The summed E-state index contributed by atoms with van der Waals surface area (Å²) in [5, 5.41) is 2.84. The second kappa shape index (κ2) is 6.43. The van der Waals surface area contributed by atoms with Crippen molar-refractivity contribution in [2.45, 2.75) is 19.3 Å². The van der Waals surface area contributed by atoms with E-state index in [-0.39, 0.29) is 12.5 Å². The number of aldehydes is 1. The topological polar surface area (TPSA) is 55.4 Å². The van der Waals surface area contributed by atoms with Crippen LogP contribution < -0.4 is 10.1 Å². The lowest BCUT2D eigenvalue weighted by Gasteiger charge is -2.09. The molecule has 1 aliphatic rings. The van der Waals surface area contributed by atoms with Gasteiger partial charge in [-0.2, -0.15) is 0 Å². The van der Waals surface area contributed by atoms with Crippen LogP contribution in [0, 0.1) is 0 Å². The average molecular weight is 295 g/mol. The zero-order chi connectivity index (χ0) is 15.4. The molecule has 0 heterocycles. The maximum atomic E-state index is 11.9. The molecule has 0 spiro atoms. The second-order valence-corrected chi connectivity index (χ2v) is 5.36. The van der Waals surface area contributed by atoms with E-state index in [1.54, 1.807) is 24.3 Å². The molecule has 4 heteroatoms. The molecule has 0 saturated carbocycles. The third kappa shape index (κ3) is 3.34. The Morgan fingerprint density at radius 2 is 1.86 bits per heavy atom. The maximum absolute atomic E-state index is 11.9. The molecule has 112 valence electrons. The summed E-state index contributed by atoms with van der Waals surface area (Å²) in [6, 6.07) is 12.7. The number of rotatable bonds is 5. The monoisotopic (exact) mass is 295 g/mol. The molecule has 0 atom stereocenters. The van der Waals surface area contributed by atoms with Gasteiger partial charge in [-0.15, -0.1) is 0 Å². The van der Waals surface area contributed by atoms with Crippen molar-refractivity contribution in [2.24, 2.45) is 0 Å². The van der Waals surface area contributed by atoms with Crippen LogP contribution in [-0.2, 0) is 17.6 Å². The minimum absolute atomic E-state index is 0.0580. The van der Waals surface area contributed by atoms with E-state index < -0.39 is 0 Å². The molecule has 0 aromatic heterocycles. The minimum atomic E-state index is -0.197. The molecule has 1 aliphatic carbocycles. The van der Waals surface area contributed by atoms with Gasteiger partial charge >= 0.3 is 0 Å². The molecular formula is C18H17NO3. The van der Waals surface area contributed by atoms with Crippen molar-refractivity contribution in [3.8, 4) is 5.75 Å². The summed E-state index contributed by atoms with van der Waals surface area (Å²) in [5.41, 5.74) is 4.09. The smallest absolute Gasteiger partial charge is 0.262 e. The molecule has 22 heavy (non-hydrogen) atoms. The number of amides is 1. The normalized spacial score (nSPS) is 12.5. The number of carbonyl (C=O) groups is 2. The quantitative estimate of drug-likeness (QED) is 0.863. The van der Waals surface area contributed by atoms with E-state index in [9.17, 15) is 9.59 Å². The van der Waals surface area contributed by atoms with E-state index in [0.29, 0.717) is 11.3 Å². The van der Waals surface area contributed by atoms with Crippen molar-refractivity contribution in [1.82, 2.24) is 0 Å². The van der Waals surface area contributed by atoms with Crippen LogP contribution in [0.25, 0.3) is 0 Å². The third-order valence-corrected chi connectivity index (χ3v) is 3.77. The van der Waals surface area contributed by atoms with E-state index in [1.165, 1.54) is 17.5 Å². The SMILES string of the molecule is O=Cc1ccc(OCC(=O)Nc2ccc3c(c2)CCC3)cc1. The maximum Gasteiger partial charge on any atom is 0.262 e. The Bertz CT molecular complexity index is 692. The average Bonchev–Trinajstić information content (AvgIpc) is 3.01. The zero-order valence-corrected chi connectivity index (χ0v) is 12.2. The Morgan fingerprint density at radius 3 is 2.64 bits per heavy atom. The Balaban J connectivity index is 1.54. The fourth-order valence-corrected chi connectivity index (χ4v) is 2.64. The fourth-order valence-electron chi connectivity index (χ4n) is 2.64. The highest BCUT2D eigenvalue weighted by atomic mass is 16.5. The van der Waals surface area contributed by atoms with Crippen LogP contribution in [0.2, 0.25) is 0 Å². The molecule has 1 N–H and O–H groups in total. The predicted molar refractivity (Wildman–Crippen MR) is 84.4 cm³/mol. The lowest BCUT2D eigenvalue weighted by molar-refractivity contribution is -0.118. The summed E-state index contributed by atoms with van der Waals surface area (Å²) in [7, 11) is 0. The van der Waals surface area contributed by atoms with Crippen LogP contribution in [0.4, 0.5) is 5.69 Å². The molecule has 2 aromatic rings. The number of carbonyl (C=O) groups excluding carboxylic acids is 2. The number of hydrogen-bond donors (Lipinski definition) is 1. The van der Waals surface area contributed by atoms with Gasteiger partial charge in [0, 0.05) is 11.3 Å². The molecule has 2 aromatic carbocycles. The van der Waals surface area contributed by atoms with Crippen LogP contribution in [0.1, 0.15) is 27.9 Å². The summed E-state index contributed by atoms with van der Waals surface area (Å²) in [4.78, 5) is 22.5. The summed E-state index contributed by atoms with van der Waals surface area (Å²) in [6.07, 6.45) is 4.17. The molecule has 3 rings (SSSR count). The van der Waals surface area contributed by atoms with Crippen molar-refractivity contribution in [1.29, 1.82) is 0 Å². The molecule has 0 aliphatic heterocycles. The van der Waals surface area contributed by atoms with Crippen molar-refractivity contribution < 1.29 is 14.3 Å². The number of aryl methyl sites for hydroxylation is 2. The largest absolute Gasteiger partial charge is 0.484 e. The van der Waals surface area contributed by atoms with Crippen LogP contribution in [0.15, 0.2) is 42.5 Å². The van der Waals surface area contributed by atoms with Gasteiger partial charge in [0.1, 0.15) is 12.0 Å². The Kier molecular flexibility index (Phi) is 4.19. The Morgan fingerprint density at radius 1 is 1.09 bits per heavy atom.